The average Bonchev–Trinajstić information content (AvgIpc) is 2.17. The molecule has 0 bridgehead atoms. The molecule has 0 aromatic carbocycles. The van der Waals surface area contributed by atoms with Crippen LogP contribution in [0.5, 0.6) is 0 Å². The van der Waals surface area contributed by atoms with Crippen LogP contribution in [0.2, 0.25) is 0 Å². The van der Waals surface area contributed by atoms with Crippen molar-refractivity contribution in [3.8, 4) is 0 Å². The van der Waals surface area contributed by atoms with Gasteiger partial charge < -0.3 is 10.2 Å². The second-order valence-corrected chi connectivity index (χ2v) is 3.03. The van der Waals surface area contributed by atoms with Crippen molar-refractivity contribution in [2.75, 3.05) is 26.2 Å². The topological polar surface area (TPSA) is 32.3 Å². The predicted octanol–water partition coefficient (Wildman–Crippen LogP) is 1.24. The van der Waals surface area contributed by atoms with E-state index in [1.165, 1.54) is 0 Å². The van der Waals surface area contributed by atoms with Gasteiger partial charge in [-0.15, -0.1) is 0 Å². The average molecular weight is 186 g/mol. The molecule has 0 atom stereocenters. The molecule has 0 saturated carbocycles. The van der Waals surface area contributed by atoms with E-state index >= 15 is 0 Å². The van der Waals surface area contributed by atoms with Gasteiger partial charge in [0.05, 0.1) is 0 Å². The molecule has 0 aromatic rings. The zero-order chi connectivity index (χ0) is 10.1. The number of nitrogens with one attached hydrogen (secondary N) is 1. The highest BCUT2D eigenvalue weighted by molar-refractivity contribution is 5.75. The van der Waals surface area contributed by atoms with Gasteiger partial charge in [-0.3, -0.25) is 4.79 Å². The third-order valence-corrected chi connectivity index (χ3v) is 2.07. The van der Waals surface area contributed by atoms with Crippen LogP contribution >= 0.6 is 0 Å². The minimum Gasteiger partial charge on any atom is -0.343 e. The highest BCUT2D eigenvalue weighted by Gasteiger charge is 2.07. The zero-order valence-corrected chi connectivity index (χ0v) is 9.10. The molecule has 13 heavy (non-hydrogen) atoms. The van der Waals surface area contributed by atoms with E-state index in [1.54, 1.807) is 0 Å². The van der Waals surface area contributed by atoms with Crippen molar-refractivity contribution in [2.45, 2.75) is 33.6 Å². The monoisotopic (exact) mass is 186 g/mol. The minimum absolute atomic E-state index is 0.263. The first-order valence-electron chi connectivity index (χ1n) is 5.24. The first-order valence-corrected chi connectivity index (χ1v) is 5.24. The molecule has 0 fully saturated rings. The second-order valence-electron chi connectivity index (χ2n) is 3.03. The number of amides is 1. The highest BCUT2D eigenvalue weighted by atomic mass is 16.2. The molecule has 0 radical (unpaired) electrons. The van der Waals surface area contributed by atoms with Crippen molar-refractivity contribution in [3.63, 3.8) is 0 Å². The Kier molecular flexibility index (Phi) is 7.69. The van der Waals surface area contributed by atoms with Gasteiger partial charge in [-0.1, -0.05) is 13.8 Å². The molecule has 0 aliphatic heterocycles. The van der Waals surface area contributed by atoms with Crippen LogP contribution in [0.4, 0.5) is 0 Å². The minimum atomic E-state index is 0.263. The molecule has 0 spiro atoms. The molecule has 1 N–H and O–H groups in total. The van der Waals surface area contributed by atoms with Crippen molar-refractivity contribution in [2.24, 2.45) is 0 Å². The van der Waals surface area contributed by atoms with Gasteiger partial charge in [0.25, 0.3) is 0 Å². The molecule has 3 heteroatoms. The largest absolute Gasteiger partial charge is 0.343 e. The molecule has 0 aliphatic carbocycles. The Bertz CT molecular complexity index is 137. The fourth-order valence-corrected chi connectivity index (χ4v) is 1.25. The van der Waals surface area contributed by atoms with Crippen LogP contribution in [0.15, 0.2) is 0 Å². The van der Waals surface area contributed by atoms with Gasteiger partial charge in [-0.05, 0) is 26.4 Å². The Morgan fingerprint density at radius 2 is 2.00 bits per heavy atom. The van der Waals surface area contributed by atoms with Gasteiger partial charge in [0.1, 0.15) is 0 Å². The second kappa shape index (κ2) is 8.05. The molecular formula is C10H22N2O. The van der Waals surface area contributed by atoms with Crippen LogP contribution in [0, 0.1) is 0 Å². The van der Waals surface area contributed by atoms with Crippen LogP contribution in [-0.4, -0.2) is 37.0 Å². The fourth-order valence-electron chi connectivity index (χ4n) is 1.25. The smallest absolute Gasteiger partial charge is 0.222 e. The lowest BCUT2D eigenvalue weighted by Crippen LogP contribution is -2.32. The summed E-state index contributed by atoms with van der Waals surface area (Å²) in [4.78, 5) is 13.2. The summed E-state index contributed by atoms with van der Waals surface area (Å²) in [6.45, 7) is 9.76. The molecule has 0 aromatic heterocycles. The predicted molar refractivity (Wildman–Crippen MR) is 55.7 cm³/mol. The Balaban J connectivity index is 3.53. The number of carbonyl (C=O) groups is 1. The van der Waals surface area contributed by atoms with Gasteiger partial charge in [0.15, 0.2) is 0 Å². The first-order chi connectivity index (χ1) is 6.26. The summed E-state index contributed by atoms with van der Waals surface area (Å²) in [6.07, 6.45) is 1.67. The number of carbonyl (C=O) groups excluding carboxylic acids is 1. The van der Waals surface area contributed by atoms with Crippen LogP contribution in [0.3, 0.4) is 0 Å². The molecule has 0 saturated heterocycles. The van der Waals surface area contributed by atoms with Crippen molar-refractivity contribution in [1.29, 1.82) is 0 Å². The number of hydrogen-bond acceptors (Lipinski definition) is 2. The summed E-state index contributed by atoms with van der Waals surface area (Å²) in [5.74, 6) is 0.263. The van der Waals surface area contributed by atoms with E-state index < -0.39 is 0 Å². The van der Waals surface area contributed by atoms with Gasteiger partial charge >= 0.3 is 0 Å². The van der Waals surface area contributed by atoms with Crippen molar-refractivity contribution in [3.05, 3.63) is 0 Å². The molecule has 78 valence electrons. The van der Waals surface area contributed by atoms with E-state index in [0.717, 1.165) is 32.6 Å². The van der Waals surface area contributed by atoms with E-state index in [9.17, 15) is 4.79 Å². The number of nitrogens with zero attached hydrogens (tertiary/aromatic N) is 1. The van der Waals surface area contributed by atoms with Crippen LogP contribution in [-0.2, 0) is 4.79 Å². The quantitative estimate of drug-likeness (QED) is 0.607. The van der Waals surface area contributed by atoms with Gasteiger partial charge in [-0.25, -0.2) is 0 Å². The van der Waals surface area contributed by atoms with E-state index in [2.05, 4.69) is 12.2 Å². The van der Waals surface area contributed by atoms with E-state index in [-0.39, 0.29) is 5.91 Å². The van der Waals surface area contributed by atoms with Crippen LogP contribution in [0.1, 0.15) is 33.6 Å². The molecular weight excluding hydrogens is 164 g/mol. The molecule has 0 aliphatic rings. The van der Waals surface area contributed by atoms with E-state index in [4.69, 9.17) is 0 Å². The summed E-state index contributed by atoms with van der Waals surface area (Å²) in [5.41, 5.74) is 0. The number of hydrogen-bond donors (Lipinski definition) is 1. The first kappa shape index (κ1) is 12.4. The maximum atomic E-state index is 11.3. The lowest BCUT2D eigenvalue weighted by atomic mass is 10.3. The lowest BCUT2D eigenvalue weighted by Gasteiger charge is -2.19. The van der Waals surface area contributed by atoms with Crippen molar-refractivity contribution in [1.82, 2.24) is 10.2 Å². The lowest BCUT2D eigenvalue weighted by molar-refractivity contribution is -0.130. The third-order valence-electron chi connectivity index (χ3n) is 2.07. The SMILES string of the molecule is CCNCCCN(CC)C(=O)CC. The third kappa shape index (κ3) is 5.64. The maximum Gasteiger partial charge on any atom is 0.222 e. The van der Waals surface area contributed by atoms with Gasteiger partial charge in [0.2, 0.25) is 5.91 Å². The summed E-state index contributed by atoms with van der Waals surface area (Å²) in [6, 6.07) is 0. The normalized spacial score (nSPS) is 10.1. The van der Waals surface area contributed by atoms with Crippen LogP contribution in [0.25, 0.3) is 0 Å². The summed E-state index contributed by atoms with van der Waals surface area (Å²) >= 11 is 0. The van der Waals surface area contributed by atoms with Gasteiger partial charge in [-0.2, -0.15) is 0 Å². The van der Waals surface area contributed by atoms with Gasteiger partial charge in [0, 0.05) is 19.5 Å². The standard InChI is InChI=1S/C10H22N2O/c1-4-10(13)12(6-3)9-7-8-11-5-2/h11H,4-9H2,1-3H3. The molecule has 0 unspecified atom stereocenters. The Labute approximate surface area is 81.5 Å². The number of rotatable bonds is 7. The zero-order valence-electron chi connectivity index (χ0n) is 9.10. The van der Waals surface area contributed by atoms with Crippen LogP contribution < -0.4 is 5.32 Å². The van der Waals surface area contributed by atoms with Crippen molar-refractivity contribution < 1.29 is 4.79 Å². The molecule has 0 heterocycles. The van der Waals surface area contributed by atoms with E-state index in [0.29, 0.717) is 6.42 Å². The Hall–Kier alpha value is -0.570. The summed E-state index contributed by atoms with van der Waals surface area (Å²) < 4.78 is 0. The molecule has 1 amide bonds. The van der Waals surface area contributed by atoms with Crippen molar-refractivity contribution >= 4 is 5.91 Å². The summed E-state index contributed by atoms with van der Waals surface area (Å²) in [7, 11) is 0. The Morgan fingerprint density at radius 1 is 1.31 bits per heavy atom. The molecule has 0 rings (SSSR count). The maximum absolute atomic E-state index is 11.3. The fraction of sp³-hybridized carbons (Fsp3) is 0.900. The summed E-state index contributed by atoms with van der Waals surface area (Å²) in [5, 5.41) is 3.25. The molecule has 3 nitrogen and oxygen atoms in total. The Morgan fingerprint density at radius 3 is 2.46 bits per heavy atom. The van der Waals surface area contributed by atoms with E-state index in [1.807, 2.05) is 18.7 Å². The highest BCUT2D eigenvalue weighted by Crippen LogP contribution is 1.94.